The van der Waals surface area contributed by atoms with Gasteiger partial charge >= 0.3 is 5.97 Å². The number of nitrogens with zero attached hydrogens (tertiary/aromatic N) is 2. The molecule has 3 aromatic rings. The molecule has 8 heteroatoms. The normalized spacial score (nSPS) is 16.6. The second-order valence-electron chi connectivity index (χ2n) is 8.69. The Labute approximate surface area is 203 Å². The summed E-state index contributed by atoms with van der Waals surface area (Å²) in [7, 11) is 0. The van der Waals surface area contributed by atoms with Crippen LogP contribution in [-0.4, -0.2) is 21.9 Å². The summed E-state index contributed by atoms with van der Waals surface area (Å²) >= 11 is 0. The topological polar surface area (TPSA) is 104 Å². The van der Waals surface area contributed by atoms with E-state index in [1.165, 1.54) is 11.6 Å². The quantitative estimate of drug-likeness (QED) is 0.328. The maximum absolute atomic E-state index is 14.6. The van der Waals surface area contributed by atoms with Crippen LogP contribution in [0.15, 0.2) is 16.9 Å². The zero-order valence-electron chi connectivity index (χ0n) is 20.5. The first-order valence-electron chi connectivity index (χ1n) is 12.1. The van der Waals surface area contributed by atoms with E-state index >= 15 is 0 Å². The lowest BCUT2D eigenvalue weighted by Gasteiger charge is -2.24. The highest BCUT2D eigenvalue weighted by molar-refractivity contribution is 5.92. The molecule has 35 heavy (non-hydrogen) atoms. The van der Waals surface area contributed by atoms with Gasteiger partial charge in [-0.15, -0.1) is 0 Å². The number of benzene rings is 1. The predicted octanol–water partition coefficient (Wildman–Crippen LogP) is 4.04. The first-order valence-corrected chi connectivity index (χ1v) is 12.1. The number of amides is 1. The third-order valence-electron chi connectivity index (χ3n) is 7.09. The van der Waals surface area contributed by atoms with Crippen molar-refractivity contribution >= 4 is 23.3 Å². The van der Waals surface area contributed by atoms with Crippen molar-refractivity contribution in [2.45, 2.75) is 72.4 Å². The molecule has 2 aromatic heterocycles. The van der Waals surface area contributed by atoms with E-state index in [0.29, 0.717) is 29.6 Å². The lowest BCUT2D eigenvalue weighted by Crippen LogP contribution is -2.32. The molecule has 0 spiro atoms. The second kappa shape index (κ2) is 9.60. The molecule has 4 heterocycles. The van der Waals surface area contributed by atoms with Crippen LogP contribution in [0.3, 0.4) is 0 Å². The largest absolute Gasteiger partial charge is 0.460 e. The van der Waals surface area contributed by atoms with Gasteiger partial charge in [-0.2, -0.15) is 0 Å². The van der Waals surface area contributed by atoms with Gasteiger partial charge in [-0.1, -0.05) is 20.8 Å². The Morgan fingerprint density at radius 2 is 1.86 bits per heavy atom. The van der Waals surface area contributed by atoms with E-state index < -0.39 is 5.92 Å². The molecule has 184 valence electrons. The Balaban J connectivity index is 0.000000539. The van der Waals surface area contributed by atoms with E-state index in [4.69, 9.17) is 14.5 Å². The SMILES string of the molecule is CC.CCC1C(=O)OCc2c1cc1n(c2=O)Cc2c-1nc1cc(F)c(C)c3c1c2CCC3.NC=O. The average molecular weight is 480 g/mol. The maximum atomic E-state index is 14.6. The number of pyridine rings is 2. The molecule has 7 nitrogen and oxygen atoms in total. The third kappa shape index (κ3) is 3.72. The van der Waals surface area contributed by atoms with Crippen molar-refractivity contribution in [3.63, 3.8) is 0 Å². The van der Waals surface area contributed by atoms with Gasteiger partial charge in [-0.05, 0) is 60.9 Å². The zero-order chi connectivity index (χ0) is 25.4. The molecule has 3 aliphatic rings. The Hall–Kier alpha value is -3.55. The number of carbonyl (C=O) groups is 2. The highest BCUT2D eigenvalue weighted by Gasteiger charge is 2.35. The zero-order valence-corrected chi connectivity index (χ0v) is 20.5. The fraction of sp³-hybridized carbons (Fsp3) is 0.407. The van der Waals surface area contributed by atoms with E-state index in [1.54, 1.807) is 4.57 Å². The van der Waals surface area contributed by atoms with E-state index in [2.05, 4.69) is 5.73 Å². The Morgan fingerprint density at radius 3 is 2.54 bits per heavy atom. The first kappa shape index (κ1) is 24.6. The van der Waals surface area contributed by atoms with Crippen LogP contribution in [0.2, 0.25) is 0 Å². The van der Waals surface area contributed by atoms with Crippen LogP contribution in [0.1, 0.15) is 72.9 Å². The minimum atomic E-state index is -0.429. The minimum absolute atomic E-state index is 0.0247. The Bertz CT molecular complexity index is 1410. The van der Waals surface area contributed by atoms with Crippen molar-refractivity contribution < 1.29 is 18.7 Å². The summed E-state index contributed by atoms with van der Waals surface area (Å²) in [5.74, 6) is -0.939. The van der Waals surface area contributed by atoms with Gasteiger partial charge in [0.2, 0.25) is 6.41 Å². The molecule has 0 saturated carbocycles. The van der Waals surface area contributed by atoms with Gasteiger partial charge in [0.15, 0.2) is 0 Å². The number of cyclic esters (lactones) is 1. The molecule has 1 aromatic carbocycles. The molecule has 1 unspecified atom stereocenters. The Morgan fingerprint density at radius 1 is 1.17 bits per heavy atom. The summed E-state index contributed by atoms with van der Waals surface area (Å²) in [6, 6.07) is 3.46. The number of rotatable bonds is 1. The summed E-state index contributed by atoms with van der Waals surface area (Å²) in [6.07, 6.45) is 3.55. The van der Waals surface area contributed by atoms with Crippen LogP contribution in [0.5, 0.6) is 0 Å². The smallest absolute Gasteiger partial charge is 0.313 e. The van der Waals surface area contributed by atoms with Crippen LogP contribution >= 0.6 is 0 Å². The van der Waals surface area contributed by atoms with Crippen molar-refractivity contribution in [2.75, 3.05) is 0 Å². The van der Waals surface area contributed by atoms with Crippen LogP contribution in [-0.2, 0) is 40.3 Å². The molecule has 1 atom stereocenters. The summed E-state index contributed by atoms with van der Waals surface area (Å²) in [5.41, 5.74) is 11.5. The lowest BCUT2D eigenvalue weighted by atomic mass is 9.84. The molecule has 1 aliphatic carbocycles. The number of ether oxygens (including phenoxy) is 1. The number of fused-ring (bicyclic) bond motifs is 5. The molecule has 0 bridgehead atoms. The molecule has 0 radical (unpaired) electrons. The van der Waals surface area contributed by atoms with E-state index in [1.807, 2.05) is 33.8 Å². The van der Waals surface area contributed by atoms with Gasteiger partial charge in [0.05, 0.1) is 34.9 Å². The molecule has 2 N–H and O–H groups in total. The van der Waals surface area contributed by atoms with Gasteiger partial charge < -0.3 is 15.0 Å². The number of aryl methyl sites for hydroxylation is 2. The van der Waals surface area contributed by atoms with E-state index in [0.717, 1.165) is 52.7 Å². The number of carbonyl (C=O) groups excluding carboxylic acids is 2. The highest BCUT2D eigenvalue weighted by Crippen LogP contribution is 2.42. The van der Waals surface area contributed by atoms with Crippen LogP contribution in [0.4, 0.5) is 4.39 Å². The van der Waals surface area contributed by atoms with Gasteiger partial charge in [0.25, 0.3) is 5.56 Å². The fourth-order valence-corrected chi connectivity index (χ4v) is 5.54. The number of halogens is 1. The summed E-state index contributed by atoms with van der Waals surface area (Å²) < 4.78 is 21.6. The molecule has 0 fully saturated rings. The molecule has 0 saturated heterocycles. The van der Waals surface area contributed by atoms with Gasteiger partial charge in [0, 0.05) is 17.0 Å². The van der Waals surface area contributed by atoms with E-state index in [-0.39, 0.29) is 30.4 Å². The molecule has 6 rings (SSSR count). The van der Waals surface area contributed by atoms with Crippen LogP contribution < -0.4 is 11.3 Å². The van der Waals surface area contributed by atoms with Crippen LogP contribution in [0, 0.1) is 12.7 Å². The van der Waals surface area contributed by atoms with Crippen molar-refractivity contribution in [1.82, 2.24) is 9.55 Å². The average Bonchev–Trinajstić information content (AvgIpc) is 3.23. The van der Waals surface area contributed by atoms with E-state index in [9.17, 15) is 14.0 Å². The monoisotopic (exact) mass is 479 g/mol. The maximum Gasteiger partial charge on any atom is 0.313 e. The van der Waals surface area contributed by atoms with Crippen molar-refractivity contribution in [1.29, 1.82) is 0 Å². The van der Waals surface area contributed by atoms with Gasteiger partial charge in [-0.25, -0.2) is 9.37 Å². The van der Waals surface area contributed by atoms with Crippen molar-refractivity contribution in [2.24, 2.45) is 5.73 Å². The summed E-state index contributed by atoms with van der Waals surface area (Å²) in [6.45, 7) is 8.25. The highest BCUT2D eigenvalue weighted by atomic mass is 19.1. The molecular formula is C27H30FN3O4. The number of esters is 1. The van der Waals surface area contributed by atoms with Crippen LogP contribution in [0.25, 0.3) is 22.3 Å². The predicted molar refractivity (Wildman–Crippen MR) is 132 cm³/mol. The Kier molecular flexibility index (Phi) is 6.74. The number of aromatic nitrogens is 2. The number of hydrogen-bond donors (Lipinski definition) is 1. The lowest BCUT2D eigenvalue weighted by molar-refractivity contribution is -0.148. The number of primary amides is 1. The first-order chi connectivity index (χ1) is 16.9. The van der Waals surface area contributed by atoms with Crippen molar-refractivity contribution in [3.8, 4) is 11.4 Å². The molecule has 1 amide bonds. The van der Waals surface area contributed by atoms with Crippen molar-refractivity contribution in [3.05, 3.63) is 61.7 Å². The third-order valence-corrected chi connectivity index (χ3v) is 7.09. The number of nitrogens with two attached hydrogens (primary N) is 1. The summed E-state index contributed by atoms with van der Waals surface area (Å²) in [4.78, 5) is 39.0. The molecule has 2 aliphatic heterocycles. The standard InChI is InChI=1S/C24H21FN2O3.C2H6.CH3NO/c1-3-12-15-7-20-22-16(9-27(20)23(28)17(15)10-30-24(12)29)14-6-4-5-13-11(2)18(25)8-19(26-22)21(13)14;1-2;2-1-3/h7-8,12H,3-6,9-10H2,1-2H3;1-2H3;1H,(H2,2,3). The van der Waals surface area contributed by atoms with Gasteiger partial charge in [0.1, 0.15) is 12.4 Å². The summed E-state index contributed by atoms with van der Waals surface area (Å²) in [5, 5.41) is 1.06. The number of hydrogen-bond acceptors (Lipinski definition) is 5. The minimum Gasteiger partial charge on any atom is -0.460 e. The fourth-order valence-electron chi connectivity index (χ4n) is 5.54. The second-order valence-corrected chi connectivity index (χ2v) is 8.69. The molecular weight excluding hydrogens is 449 g/mol. The van der Waals surface area contributed by atoms with Gasteiger partial charge in [-0.3, -0.25) is 14.4 Å².